The first-order valence-corrected chi connectivity index (χ1v) is 11.3. The van der Waals surface area contributed by atoms with Crippen molar-refractivity contribution in [3.05, 3.63) is 23.8 Å². The van der Waals surface area contributed by atoms with Gasteiger partial charge in [0.05, 0.1) is 0 Å². The number of carbonyl (C=O) groups excluding carboxylic acids is 2. The molecule has 0 radical (unpaired) electrons. The van der Waals surface area contributed by atoms with Gasteiger partial charge >= 0.3 is 0 Å². The van der Waals surface area contributed by atoms with Crippen molar-refractivity contribution in [2.24, 2.45) is 11.3 Å². The maximum absolute atomic E-state index is 13.3. The molecule has 2 amide bonds. The van der Waals surface area contributed by atoms with E-state index in [0.717, 1.165) is 36.2 Å². The topological polar surface area (TPSA) is 52.7 Å². The van der Waals surface area contributed by atoms with Crippen LogP contribution in [0.25, 0.3) is 0 Å². The lowest BCUT2D eigenvalue weighted by molar-refractivity contribution is -0.138. The lowest BCUT2D eigenvalue weighted by Gasteiger charge is -2.33. The van der Waals surface area contributed by atoms with Gasteiger partial charge in [-0.2, -0.15) is 0 Å². The van der Waals surface area contributed by atoms with Gasteiger partial charge in [-0.25, -0.2) is 0 Å². The van der Waals surface area contributed by atoms with Crippen molar-refractivity contribution in [3.63, 3.8) is 0 Å². The minimum absolute atomic E-state index is 0.0120. The third-order valence-electron chi connectivity index (χ3n) is 5.62. The second-order valence-electron chi connectivity index (χ2n) is 9.76. The number of nitrogens with zero attached hydrogens (tertiary/aromatic N) is 2. The van der Waals surface area contributed by atoms with Crippen LogP contribution in [-0.4, -0.2) is 36.9 Å². The Morgan fingerprint density at radius 2 is 1.63 bits per heavy atom. The first kappa shape index (κ1) is 26.0. The monoisotopic (exact) mass is 417 g/mol. The zero-order valence-electron chi connectivity index (χ0n) is 20.6. The fourth-order valence-corrected chi connectivity index (χ4v) is 3.64. The van der Waals surface area contributed by atoms with Crippen LogP contribution in [0.15, 0.2) is 18.2 Å². The van der Waals surface area contributed by atoms with Crippen molar-refractivity contribution in [2.45, 2.75) is 86.7 Å². The molecule has 0 saturated heterocycles. The molecule has 0 saturated carbocycles. The molecule has 0 aliphatic rings. The molecule has 0 heterocycles. The fraction of sp³-hybridized carbons (Fsp3) is 0.680. The van der Waals surface area contributed by atoms with E-state index in [1.807, 2.05) is 37.2 Å². The summed E-state index contributed by atoms with van der Waals surface area (Å²) in [6.07, 6.45) is 3.08. The summed E-state index contributed by atoms with van der Waals surface area (Å²) in [5, 5.41) is 3.03. The van der Waals surface area contributed by atoms with Crippen LogP contribution in [0.4, 0.5) is 11.4 Å². The molecular formula is C25H43N3O2. The van der Waals surface area contributed by atoms with Gasteiger partial charge in [0, 0.05) is 50.4 Å². The van der Waals surface area contributed by atoms with Gasteiger partial charge in [-0.05, 0) is 55.4 Å². The average molecular weight is 418 g/mol. The van der Waals surface area contributed by atoms with E-state index in [4.69, 9.17) is 0 Å². The van der Waals surface area contributed by atoms with E-state index in [-0.39, 0.29) is 29.2 Å². The minimum Gasteiger partial charge on any atom is -0.377 e. The van der Waals surface area contributed by atoms with Crippen molar-refractivity contribution in [1.82, 2.24) is 4.90 Å². The van der Waals surface area contributed by atoms with Crippen LogP contribution >= 0.6 is 0 Å². The van der Waals surface area contributed by atoms with E-state index in [1.165, 1.54) is 0 Å². The molecule has 0 aromatic heterocycles. The van der Waals surface area contributed by atoms with Gasteiger partial charge in [-0.1, -0.05) is 41.5 Å². The van der Waals surface area contributed by atoms with Crippen molar-refractivity contribution < 1.29 is 9.59 Å². The van der Waals surface area contributed by atoms with Crippen LogP contribution in [0.5, 0.6) is 0 Å². The molecule has 0 aliphatic heterocycles. The second-order valence-corrected chi connectivity index (χ2v) is 9.76. The maximum Gasteiger partial charge on any atom is 0.226 e. The van der Waals surface area contributed by atoms with Crippen molar-refractivity contribution in [2.75, 3.05) is 24.3 Å². The van der Waals surface area contributed by atoms with E-state index in [9.17, 15) is 9.59 Å². The van der Waals surface area contributed by atoms with Gasteiger partial charge in [0.25, 0.3) is 0 Å². The lowest BCUT2D eigenvalue weighted by Crippen LogP contribution is -2.41. The Morgan fingerprint density at radius 1 is 1.03 bits per heavy atom. The molecular weight excluding hydrogens is 374 g/mol. The third kappa shape index (κ3) is 7.66. The molecule has 1 aromatic carbocycles. The number of nitrogens with one attached hydrogen (secondary N) is 1. The molecule has 0 fully saturated rings. The van der Waals surface area contributed by atoms with Crippen LogP contribution < -0.4 is 10.2 Å². The largest absolute Gasteiger partial charge is 0.377 e. The predicted octanol–water partition coefficient (Wildman–Crippen LogP) is 5.69. The van der Waals surface area contributed by atoms with Crippen LogP contribution in [0.1, 0.15) is 79.7 Å². The molecule has 1 atom stereocenters. The molecule has 170 valence electrons. The zero-order valence-corrected chi connectivity index (χ0v) is 20.6. The molecule has 5 nitrogen and oxygen atoms in total. The highest BCUT2D eigenvalue weighted by atomic mass is 16.2. The summed E-state index contributed by atoms with van der Waals surface area (Å²) in [7, 11) is 4.01. The molecule has 0 aliphatic carbocycles. The Morgan fingerprint density at radius 3 is 2.10 bits per heavy atom. The smallest absolute Gasteiger partial charge is 0.226 e. The number of carbonyl (C=O) groups is 2. The summed E-state index contributed by atoms with van der Waals surface area (Å²) in [5.41, 5.74) is 2.83. The number of anilines is 2. The molecule has 1 aromatic rings. The summed E-state index contributed by atoms with van der Waals surface area (Å²) in [4.78, 5) is 29.8. The number of hydrogen-bond donors (Lipinski definition) is 1. The zero-order chi connectivity index (χ0) is 23.1. The highest BCUT2D eigenvalue weighted by molar-refractivity contribution is 5.91. The standard InChI is InChI=1S/C25H43N3O2/c1-10-18(4)28(24(30)19(11-2)12-3)17-20-15-21(13-14-22(20)27(8)9)26-23(29)16-25(5,6)7/h13-15,18-19H,10-12,16-17H2,1-9H3,(H,26,29)/t18-/m0/s1. The van der Waals surface area contributed by atoms with Gasteiger partial charge < -0.3 is 15.1 Å². The Bertz CT molecular complexity index is 703. The van der Waals surface area contributed by atoms with Crippen molar-refractivity contribution in [1.29, 1.82) is 0 Å². The summed E-state index contributed by atoms with van der Waals surface area (Å²) < 4.78 is 0. The van der Waals surface area contributed by atoms with Gasteiger partial charge in [0.15, 0.2) is 0 Å². The number of benzene rings is 1. The van der Waals surface area contributed by atoms with Gasteiger partial charge in [-0.15, -0.1) is 0 Å². The minimum atomic E-state index is -0.0639. The number of amides is 2. The normalized spacial score (nSPS) is 12.6. The van der Waals surface area contributed by atoms with Crippen molar-refractivity contribution >= 4 is 23.2 Å². The van der Waals surface area contributed by atoms with Crippen LogP contribution in [0.2, 0.25) is 0 Å². The van der Waals surface area contributed by atoms with E-state index >= 15 is 0 Å². The first-order chi connectivity index (χ1) is 13.9. The van der Waals surface area contributed by atoms with E-state index in [2.05, 4.69) is 58.7 Å². The second kappa shape index (κ2) is 11.4. The summed E-state index contributed by atoms with van der Waals surface area (Å²) in [6.45, 7) is 15.1. The molecule has 0 spiro atoms. The van der Waals surface area contributed by atoms with Crippen LogP contribution in [-0.2, 0) is 16.1 Å². The predicted molar refractivity (Wildman–Crippen MR) is 128 cm³/mol. The van der Waals surface area contributed by atoms with E-state index in [0.29, 0.717) is 13.0 Å². The van der Waals surface area contributed by atoms with E-state index in [1.54, 1.807) is 0 Å². The average Bonchev–Trinajstić information content (AvgIpc) is 2.64. The Kier molecular flexibility index (Phi) is 9.86. The molecule has 30 heavy (non-hydrogen) atoms. The van der Waals surface area contributed by atoms with Gasteiger partial charge in [0.2, 0.25) is 11.8 Å². The lowest BCUT2D eigenvalue weighted by atomic mass is 9.92. The fourth-order valence-electron chi connectivity index (χ4n) is 3.64. The summed E-state index contributed by atoms with van der Waals surface area (Å²) >= 11 is 0. The number of rotatable bonds is 10. The van der Waals surface area contributed by atoms with Crippen LogP contribution in [0, 0.1) is 11.3 Å². The molecule has 1 N–H and O–H groups in total. The van der Waals surface area contributed by atoms with Crippen molar-refractivity contribution in [3.8, 4) is 0 Å². The Hall–Kier alpha value is -2.04. The Balaban J connectivity index is 3.24. The third-order valence-corrected chi connectivity index (χ3v) is 5.62. The quantitative estimate of drug-likeness (QED) is 0.532. The molecule has 1 rings (SSSR count). The summed E-state index contributed by atoms with van der Waals surface area (Å²) in [5.74, 6) is 0.288. The number of hydrogen-bond acceptors (Lipinski definition) is 3. The SMILES string of the molecule is CCC(CC)C(=O)N(Cc1cc(NC(=O)CC(C)(C)C)ccc1N(C)C)[C@@H](C)CC. The molecule has 0 bridgehead atoms. The van der Waals surface area contributed by atoms with E-state index < -0.39 is 0 Å². The molecule has 0 unspecified atom stereocenters. The molecule has 5 heteroatoms. The van der Waals surface area contributed by atoms with Gasteiger partial charge in [-0.3, -0.25) is 9.59 Å². The van der Waals surface area contributed by atoms with Crippen LogP contribution in [0.3, 0.4) is 0 Å². The Labute approximate surface area is 184 Å². The summed E-state index contributed by atoms with van der Waals surface area (Å²) in [6, 6.07) is 6.15. The highest BCUT2D eigenvalue weighted by Crippen LogP contribution is 2.28. The highest BCUT2D eigenvalue weighted by Gasteiger charge is 2.26. The maximum atomic E-state index is 13.3. The first-order valence-electron chi connectivity index (χ1n) is 11.3. The van der Waals surface area contributed by atoms with Gasteiger partial charge in [0.1, 0.15) is 0 Å².